The van der Waals surface area contributed by atoms with Crippen LogP contribution in [0.1, 0.15) is 37.0 Å². The molecule has 2 N–H and O–H groups in total. The summed E-state index contributed by atoms with van der Waals surface area (Å²) in [6.07, 6.45) is 0.685. The molecule has 0 bridgehead atoms. The first-order valence-electron chi connectivity index (χ1n) is 9.71. The molecule has 29 heavy (non-hydrogen) atoms. The topological polar surface area (TPSA) is 93.3 Å². The molecule has 0 unspecified atom stereocenters. The van der Waals surface area contributed by atoms with Crippen molar-refractivity contribution in [2.24, 2.45) is 5.92 Å². The summed E-state index contributed by atoms with van der Waals surface area (Å²) >= 11 is 0. The van der Waals surface area contributed by atoms with E-state index in [1.54, 1.807) is 36.4 Å². The summed E-state index contributed by atoms with van der Waals surface area (Å²) in [5, 5.41) is 5.66. The number of nitrogens with one attached hydrogen (secondary N) is 2. The Hall–Kier alpha value is -3.35. The SMILES string of the molecule is CC(C)CNC(=O)c1ccccc1NC(=O)CCCn1c(=O)oc2ccccc21. The number of oxazole rings is 1. The molecule has 2 aromatic carbocycles. The smallest absolute Gasteiger partial charge is 0.408 e. The zero-order valence-corrected chi connectivity index (χ0v) is 16.6. The number of nitrogens with zero attached hydrogens (tertiary/aromatic N) is 1. The van der Waals surface area contributed by atoms with Gasteiger partial charge in [-0.25, -0.2) is 4.79 Å². The van der Waals surface area contributed by atoms with Gasteiger partial charge in [0.2, 0.25) is 5.91 Å². The number of fused-ring (bicyclic) bond motifs is 1. The Morgan fingerprint density at radius 1 is 1.07 bits per heavy atom. The Bertz CT molecular complexity index is 1070. The van der Waals surface area contributed by atoms with Gasteiger partial charge in [-0.2, -0.15) is 0 Å². The summed E-state index contributed by atoms with van der Waals surface area (Å²) in [4.78, 5) is 36.7. The third-order valence-corrected chi connectivity index (χ3v) is 4.48. The normalized spacial score (nSPS) is 11.0. The number of para-hydroxylation sites is 3. The van der Waals surface area contributed by atoms with Gasteiger partial charge in [-0.1, -0.05) is 38.1 Å². The van der Waals surface area contributed by atoms with E-state index in [0.29, 0.717) is 47.8 Å². The maximum Gasteiger partial charge on any atom is 0.419 e. The van der Waals surface area contributed by atoms with Gasteiger partial charge in [0.05, 0.1) is 16.8 Å². The first-order valence-corrected chi connectivity index (χ1v) is 9.71. The number of hydrogen-bond donors (Lipinski definition) is 2. The van der Waals surface area contributed by atoms with E-state index in [1.807, 2.05) is 26.0 Å². The van der Waals surface area contributed by atoms with E-state index in [1.165, 1.54) is 4.57 Å². The number of amides is 2. The fourth-order valence-corrected chi connectivity index (χ4v) is 3.02. The van der Waals surface area contributed by atoms with Gasteiger partial charge in [-0.05, 0) is 36.6 Å². The third kappa shape index (κ3) is 5.13. The van der Waals surface area contributed by atoms with Crippen LogP contribution in [0.4, 0.5) is 5.69 Å². The minimum atomic E-state index is -0.432. The summed E-state index contributed by atoms with van der Waals surface area (Å²) in [6.45, 7) is 4.97. The number of anilines is 1. The molecule has 2 amide bonds. The Kier molecular flexibility index (Phi) is 6.49. The van der Waals surface area contributed by atoms with Gasteiger partial charge in [0, 0.05) is 19.5 Å². The van der Waals surface area contributed by atoms with Crippen molar-refractivity contribution >= 4 is 28.6 Å². The van der Waals surface area contributed by atoms with Crippen LogP contribution in [0, 0.1) is 5.92 Å². The van der Waals surface area contributed by atoms with Gasteiger partial charge in [0.25, 0.3) is 5.91 Å². The first kappa shape index (κ1) is 20.4. The number of rotatable bonds is 8. The van der Waals surface area contributed by atoms with Gasteiger partial charge in [0.1, 0.15) is 0 Å². The lowest BCUT2D eigenvalue weighted by Gasteiger charge is -2.12. The molecule has 1 heterocycles. The van der Waals surface area contributed by atoms with E-state index in [2.05, 4.69) is 10.6 Å². The standard InChI is InChI=1S/C22H25N3O4/c1-15(2)14-23-21(27)16-8-3-4-9-17(16)24-20(26)12-7-13-25-18-10-5-6-11-19(18)29-22(25)28/h3-6,8-11,15H,7,12-14H2,1-2H3,(H,23,27)(H,24,26). The van der Waals surface area contributed by atoms with E-state index in [9.17, 15) is 14.4 Å². The fraction of sp³-hybridized carbons (Fsp3) is 0.318. The predicted octanol–water partition coefficient (Wildman–Crippen LogP) is 3.40. The summed E-state index contributed by atoms with van der Waals surface area (Å²) in [5.74, 6) is -0.525. The van der Waals surface area contributed by atoms with Crippen molar-refractivity contribution in [1.82, 2.24) is 9.88 Å². The number of aromatic nitrogens is 1. The maximum atomic E-state index is 12.4. The van der Waals surface area contributed by atoms with Crippen molar-refractivity contribution in [3.63, 3.8) is 0 Å². The molecular formula is C22H25N3O4. The Morgan fingerprint density at radius 2 is 1.79 bits per heavy atom. The lowest BCUT2D eigenvalue weighted by Crippen LogP contribution is -2.28. The second-order valence-electron chi connectivity index (χ2n) is 7.29. The molecule has 0 spiro atoms. The molecule has 0 radical (unpaired) electrons. The highest BCUT2D eigenvalue weighted by Gasteiger charge is 2.14. The molecule has 0 fully saturated rings. The lowest BCUT2D eigenvalue weighted by molar-refractivity contribution is -0.116. The maximum absolute atomic E-state index is 12.4. The predicted molar refractivity (Wildman–Crippen MR) is 112 cm³/mol. The van der Waals surface area contributed by atoms with Crippen molar-refractivity contribution in [3.8, 4) is 0 Å². The number of carbonyl (C=O) groups is 2. The molecule has 0 atom stereocenters. The summed E-state index contributed by atoms with van der Waals surface area (Å²) in [5.41, 5.74) is 2.15. The average molecular weight is 395 g/mol. The van der Waals surface area contributed by atoms with Crippen LogP contribution < -0.4 is 16.4 Å². The molecule has 7 nitrogen and oxygen atoms in total. The molecule has 0 saturated heterocycles. The molecule has 0 aliphatic carbocycles. The molecule has 1 aromatic heterocycles. The number of carbonyl (C=O) groups excluding carboxylic acids is 2. The number of benzene rings is 2. The van der Waals surface area contributed by atoms with Crippen LogP contribution >= 0.6 is 0 Å². The highest BCUT2D eigenvalue weighted by Crippen LogP contribution is 2.16. The van der Waals surface area contributed by atoms with Crippen LogP contribution in [-0.4, -0.2) is 22.9 Å². The van der Waals surface area contributed by atoms with Gasteiger partial charge < -0.3 is 15.1 Å². The second kappa shape index (κ2) is 9.23. The van der Waals surface area contributed by atoms with Crippen molar-refractivity contribution in [3.05, 3.63) is 64.6 Å². The Morgan fingerprint density at radius 3 is 2.59 bits per heavy atom. The van der Waals surface area contributed by atoms with Gasteiger partial charge in [0.15, 0.2) is 5.58 Å². The molecular weight excluding hydrogens is 370 g/mol. The zero-order chi connectivity index (χ0) is 20.8. The van der Waals surface area contributed by atoms with Crippen LogP contribution in [0.2, 0.25) is 0 Å². The highest BCUT2D eigenvalue weighted by molar-refractivity contribution is 6.03. The zero-order valence-electron chi connectivity index (χ0n) is 16.6. The lowest BCUT2D eigenvalue weighted by atomic mass is 10.1. The molecule has 3 rings (SSSR count). The minimum Gasteiger partial charge on any atom is -0.408 e. The first-order chi connectivity index (χ1) is 14.0. The molecule has 0 aliphatic rings. The Balaban J connectivity index is 1.59. The molecule has 7 heteroatoms. The van der Waals surface area contributed by atoms with Crippen molar-refractivity contribution < 1.29 is 14.0 Å². The monoisotopic (exact) mass is 395 g/mol. The molecule has 152 valence electrons. The summed E-state index contributed by atoms with van der Waals surface area (Å²) in [6, 6.07) is 14.1. The largest absolute Gasteiger partial charge is 0.419 e. The second-order valence-corrected chi connectivity index (χ2v) is 7.29. The molecule has 0 saturated carbocycles. The minimum absolute atomic E-state index is 0.213. The van der Waals surface area contributed by atoms with Crippen molar-refractivity contribution in [1.29, 1.82) is 0 Å². The van der Waals surface area contributed by atoms with Crippen LogP contribution in [0.3, 0.4) is 0 Å². The van der Waals surface area contributed by atoms with E-state index in [4.69, 9.17) is 4.42 Å². The fourth-order valence-electron chi connectivity index (χ4n) is 3.02. The van der Waals surface area contributed by atoms with Crippen LogP contribution in [0.15, 0.2) is 57.7 Å². The van der Waals surface area contributed by atoms with E-state index in [-0.39, 0.29) is 18.2 Å². The van der Waals surface area contributed by atoms with E-state index >= 15 is 0 Å². The molecule has 0 aliphatic heterocycles. The summed E-state index contributed by atoms with van der Waals surface area (Å²) < 4.78 is 6.72. The van der Waals surface area contributed by atoms with Gasteiger partial charge in [-0.15, -0.1) is 0 Å². The number of aryl methyl sites for hydroxylation is 1. The highest BCUT2D eigenvalue weighted by atomic mass is 16.4. The third-order valence-electron chi connectivity index (χ3n) is 4.48. The molecule has 3 aromatic rings. The summed E-state index contributed by atoms with van der Waals surface area (Å²) in [7, 11) is 0. The van der Waals surface area contributed by atoms with E-state index in [0.717, 1.165) is 0 Å². The van der Waals surface area contributed by atoms with Gasteiger partial charge in [-0.3, -0.25) is 14.2 Å². The number of hydrogen-bond acceptors (Lipinski definition) is 4. The quantitative estimate of drug-likeness (QED) is 0.611. The van der Waals surface area contributed by atoms with Crippen molar-refractivity contribution in [2.45, 2.75) is 33.2 Å². The van der Waals surface area contributed by atoms with Crippen LogP contribution in [-0.2, 0) is 11.3 Å². The van der Waals surface area contributed by atoms with Gasteiger partial charge >= 0.3 is 5.76 Å². The van der Waals surface area contributed by atoms with Crippen molar-refractivity contribution in [2.75, 3.05) is 11.9 Å². The van der Waals surface area contributed by atoms with Crippen LogP contribution in [0.5, 0.6) is 0 Å². The average Bonchev–Trinajstić information content (AvgIpc) is 3.02. The Labute approximate surface area is 168 Å². The van der Waals surface area contributed by atoms with E-state index < -0.39 is 5.76 Å². The van der Waals surface area contributed by atoms with Crippen LogP contribution in [0.25, 0.3) is 11.1 Å².